The SMILES string of the molecule is C=CCOc1ccc(CN(C)C(=O)CCNS(=O)(=O)c2ccc(OC(F)(F)F)cc2)cc1. The van der Waals surface area contributed by atoms with Crippen molar-refractivity contribution in [2.24, 2.45) is 0 Å². The highest BCUT2D eigenvalue weighted by Gasteiger charge is 2.31. The lowest BCUT2D eigenvalue weighted by Crippen LogP contribution is -2.32. The molecule has 7 nitrogen and oxygen atoms in total. The number of hydrogen-bond acceptors (Lipinski definition) is 5. The van der Waals surface area contributed by atoms with E-state index in [2.05, 4.69) is 16.0 Å². The molecule has 11 heteroatoms. The van der Waals surface area contributed by atoms with Crippen molar-refractivity contribution in [3.63, 3.8) is 0 Å². The molecule has 0 aliphatic heterocycles. The molecule has 32 heavy (non-hydrogen) atoms. The van der Waals surface area contributed by atoms with Crippen molar-refractivity contribution < 1.29 is 35.9 Å². The van der Waals surface area contributed by atoms with Gasteiger partial charge in [-0.3, -0.25) is 4.79 Å². The normalized spacial score (nSPS) is 11.6. The van der Waals surface area contributed by atoms with Crippen LogP contribution in [0.5, 0.6) is 11.5 Å². The van der Waals surface area contributed by atoms with Gasteiger partial charge in [0.2, 0.25) is 15.9 Å². The Labute approximate surface area is 184 Å². The van der Waals surface area contributed by atoms with E-state index in [-0.39, 0.29) is 23.8 Å². The fourth-order valence-corrected chi connectivity index (χ4v) is 3.63. The number of nitrogens with one attached hydrogen (secondary N) is 1. The summed E-state index contributed by atoms with van der Waals surface area (Å²) in [6, 6.07) is 10.9. The second kappa shape index (κ2) is 11.0. The quantitative estimate of drug-likeness (QED) is 0.507. The van der Waals surface area contributed by atoms with Crippen molar-refractivity contribution in [3.8, 4) is 11.5 Å². The molecule has 0 atom stereocenters. The van der Waals surface area contributed by atoms with Gasteiger partial charge in [0.15, 0.2) is 0 Å². The number of hydrogen-bond donors (Lipinski definition) is 1. The topological polar surface area (TPSA) is 84.9 Å². The number of alkyl halides is 3. The number of carbonyl (C=O) groups is 1. The van der Waals surface area contributed by atoms with Gasteiger partial charge >= 0.3 is 6.36 Å². The molecule has 1 N–H and O–H groups in total. The van der Waals surface area contributed by atoms with Crippen LogP contribution in [0.3, 0.4) is 0 Å². The lowest BCUT2D eigenvalue weighted by atomic mass is 10.2. The zero-order chi connectivity index (χ0) is 23.8. The van der Waals surface area contributed by atoms with Gasteiger partial charge in [0, 0.05) is 26.6 Å². The summed E-state index contributed by atoms with van der Waals surface area (Å²) in [7, 11) is -2.40. The van der Waals surface area contributed by atoms with Gasteiger partial charge < -0.3 is 14.4 Å². The first-order valence-electron chi connectivity index (χ1n) is 9.42. The summed E-state index contributed by atoms with van der Waals surface area (Å²) in [5.74, 6) is -0.141. The van der Waals surface area contributed by atoms with E-state index in [0.29, 0.717) is 18.9 Å². The molecule has 0 fully saturated rings. The van der Waals surface area contributed by atoms with Crippen LogP contribution in [0.1, 0.15) is 12.0 Å². The molecular formula is C21H23F3N2O5S. The summed E-state index contributed by atoms with van der Waals surface area (Å²) in [6.07, 6.45) is -3.33. The molecule has 0 aliphatic carbocycles. The third-order valence-electron chi connectivity index (χ3n) is 4.14. The van der Waals surface area contributed by atoms with Crippen LogP contribution < -0.4 is 14.2 Å². The maximum absolute atomic E-state index is 12.3. The number of amides is 1. The van der Waals surface area contributed by atoms with Gasteiger partial charge in [-0.2, -0.15) is 0 Å². The third kappa shape index (κ3) is 8.23. The van der Waals surface area contributed by atoms with Gasteiger partial charge in [-0.05, 0) is 42.0 Å². The summed E-state index contributed by atoms with van der Waals surface area (Å²) in [4.78, 5) is 13.5. The molecule has 0 heterocycles. The van der Waals surface area contributed by atoms with E-state index in [4.69, 9.17) is 4.74 Å². The lowest BCUT2D eigenvalue weighted by Gasteiger charge is -2.18. The van der Waals surface area contributed by atoms with E-state index in [1.165, 1.54) is 4.90 Å². The minimum atomic E-state index is -4.87. The zero-order valence-corrected chi connectivity index (χ0v) is 18.1. The zero-order valence-electron chi connectivity index (χ0n) is 17.3. The van der Waals surface area contributed by atoms with Crippen molar-refractivity contribution in [3.05, 3.63) is 66.7 Å². The maximum Gasteiger partial charge on any atom is 0.573 e. The smallest absolute Gasteiger partial charge is 0.490 e. The van der Waals surface area contributed by atoms with Crippen LogP contribution in [-0.2, 0) is 21.4 Å². The number of nitrogens with zero attached hydrogens (tertiary/aromatic N) is 1. The second-order valence-corrected chi connectivity index (χ2v) is 8.43. The van der Waals surface area contributed by atoms with Crippen molar-refractivity contribution in [1.82, 2.24) is 9.62 Å². The largest absolute Gasteiger partial charge is 0.573 e. The lowest BCUT2D eigenvalue weighted by molar-refractivity contribution is -0.274. The van der Waals surface area contributed by atoms with E-state index in [9.17, 15) is 26.4 Å². The monoisotopic (exact) mass is 472 g/mol. The average molecular weight is 472 g/mol. The predicted molar refractivity (Wildman–Crippen MR) is 112 cm³/mol. The highest BCUT2D eigenvalue weighted by molar-refractivity contribution is 7.89. The van der Waals surface area contributed by atoms with Crippen molar-refractivity contribution in [2.75, 3.05) is 20.2 Å². The summed E-state index contributed by atoms with van der Waals surface area (Å²) in [6.45, 7) is 4.12. The number of sulfonamides is 1. The Kier molecular flexibility index (Phi) is 8.67. The van der Waals surface area contributed by atoms with E-state index >= 15 is 0 Å². The van der Waals surface area contributed by atoms with E-state index in [1.54, 1.807) is 25.3 Å². The van der Waals surface area contributed by atoms with Crippen LogP contribution in [0.4, 0.5) is 13.2 Å². The predicted octanol–water partition coefficient (Wildman–Crippen LogP) is 3.48. The molecule has 0 spiro atoms. The molecule has 174 valence electrons. The van der Waals surface area contributed by atoms with Gasteiger partial charge in [0.05, 0.1) is 4.90 Å². The highest BCUT2D eigenvalue weighted by Crippen LogP contribution is 2.23. The van der Waals surface area contributed by atoms with Crippen LogP contribution in [0, 0.1) is 0 Å². The summed E-state index contributed by atoms with van der Waals surface area (Å²) >= 11 is 0. The number of halogens is 3. The summed E-state index contributed by atoms with van der Waals surface area (Å²) in [5, 5.41) is 0. The molecule has 0 unspecified atom stereocenters. The molecule has 0 bridgehead atoms. The Morgan fingerprint density at radius 2 is 1.69 bits per heavy atom. The highest BCUT2D eigenvalue weighted by atomic mass is 32.2. The molecule has 2 aromatic rings. The second-order valence-electron chi connectivity index (χ2n) is 6.66. The Morgan fingerprint density at radius 3 is 2.25 bits per heavy atom. The van der Waals surface area contributed by atoms with Crippen LogP contribution >= 0.6 is 0 Å². The first-order valence-corrected chi connectivity index (χ1v) is 10.9. The van der Waals surface area contributed by atoms with Crippen LogP contribution in [0.25, 0.3) is 0 Å². The Bertz CT molecular complexity index is 1010. The average Bonchev–Trinajstić information content (AvgIpc) is 2.72. The van der Waals surface area contributed by atoms with Crippen molar-refractivity contribution >= 4 is 15.9 Å². The standard InChI is InChI=1S/C21H23F3N2O5S/c1-3-14-30-17-6-4-16(5-7-17)15-26(2)20(27)12-13-25-32(28,29)19-10-8-18(9-11-19)31-21(22,23)24/h3-11,25H,1,12-15H2,2H3. The minimum Gasteiger partial charge on any atom is -0.490 e. The molecule has 0 saturated heterocycles. The summed E-state index contributed by atoms with van der Waals surface area (Å²) in [5.41, 5.74) is 0.869. The first-order chi connectivity index (χ1) is 15.0. The number of carbonyl (C=O) groups excluding carboxylic acids is 1. The van der Waals surface area contributed by atoms with E-state index < -0.39 is 22.1 Å². The molecule has 2 rings (SSSR count). The van der Waals surface area contributed by atoms with Crippen LogP contribution in [0.15, 0.2) is 66.1 Å². The van der Waals surface area contributed by atoms with E-state index in [1.807, 2.05) is 12.1 Å². The molecule has 2 aromatic carbocycles. The van der Waals surface area contributed by atoms with E-state index in [0.717, 1.165) is 29.8 Å². The number of benzene rings is 2. The Balaban J connectivity index is 1.83. The summed E-state index contributed by atoms with van der Waals surface area (Å²) < 4.78 is 72.4. The Hall–Kier alpha value is -3.05. The Morgan fingerprint density at radius 1 is 1.09 bits per heavy atom. The molecule has 0 radical (unpaired) electrons. The fraction of sp³-hybridized carbons (Fsp3) is 0.286. The van der Waals surface area contributed by atoms with Gasteiger partial charge in [0.25, 0.3) is 0 Å². The first kappa shape index (κ1) is 25.2. The van der Waals surface area contributed by atoms with Gasteiger partial charge in [-0.15, -0.1) is 13.2 Å². The van der Waals surface area contributed by atoms with Crippen molar-refractivity contribution in [2.45, 2.75) is 24.2 Å². The molecular weight excluding hydrogens is 449 g/mol. The minimum absolute atomic E-state index is 0.0917. The van der Waals surface area contributed by atoms with Crippen LogP contribution in [0.2, 0.25) is 0 Å². The van der Waals surface area contributed by atoms with Crippen LogP contribution in [-0.4, -0.2) is 45.8 Å². The third-order valence-corrected chi connectivity index (χ3v) is 5.61. The molecule has 0 aromatic heterocycles. The maximum atomic E-state index is 12.3. The molecule has 0 saturated carbocycles. The van der Waals surface area contributed by atoms with Gasteiger partial charge in [-0.25, -0.2) is 13.1 Å². The molecule has 0 aliphatic rings. The van der Waals surface area contributed by atoms with Gasteiger partial charge in [0.1, 0.15) is 18.1 Å². The number of rotatable bonds is 11. The van der Waals surface area contributed by atoms with Crippen molar-refractivity contribution in [1.29, 1.82) is 0 Å². The molecule has 1 amide bonds. The van der Waals surface area contributed by atoms with Gasteiger partial charge in [-0.1, -0.05) is 24.8 Å². The fourth-order valence-electron chi connectivity index (χ4n) is 2.60. The number of ether oxygens (including phenoxy) is 2.